The molecule has 2 aromatic heterocycles. The summed E-state index contributed by atoms with van der Waals surface area (Å²) in [5, 5.41) is 15.8. The summed E-state index contributed by atoms with van der Waals surface area (Å²) in [6.07, 6.45) is 11.3. The zero-order valence-electron chi connectivity index (χ0n) is 21.9. The van der Waals surface area contributed by atoms with Gasteiger partial charge in [-0.3, -0.25) is 4.79 Å². The summed E-state index contributed by atoms with van der Waals surface area (Å²) in [6.45, 7) is 8.99. The van der Waals surface area contributed by atoms with E-state index in [1.54, 1.807) is 12.3 Å². The number of allylic oxidation sites excluding steroid dienone is 3. The molecule has 7 nitrogen and oxygen atoms in total. The zero-order valence-corrected chi connectivity index (χ0v) is 21.9. The molecular weight excluding hydrogens is 469 g/mol. The van der Waals surface area contributed by atoms with Crippen molar-refractivity contribution in [2.45, 2.75) is 57.3 Å². The third-order valence-corrected chi connectivity index (χ3v) is 8.86. The average Bonchev–Trinajstić information content (AvgIpc) is 3.66. The summed E-state index contributed by atoms with van der Waals surface area (Å²) in [7, 11) is 0. The van der Waals surface area contributed by atoms with Crippen molar-refractivity contribution in [3.63, 3.8) is 0 Å². The van der Waals surface area contributed by atoms with Gasteiger partial charge in [-0.05, 0) is 63.3 Å². The molecule has 2 aromatic rings. The van der Waals surface area contributed by atoms with E-state index in [2.05, 4.69) is 34.8 Å². The van der Waals surface area contributed by atoms with Gasteiger partial charge >= 0.3 is 0 Å². The number of piperidine rings is 1. The molecule has 0 radical (unpaired) electrons. The minimum atomic E-state index is -1.23. The number of anilines is 1. The van der Waals surface area contributed by atoms with Crippen molar-refractivity contribution in [2.24, 2.45) is 11.8 Å². The first-order valence-electron chi connectivity index (χ1n) is 13.8. The predicted molar refractivity (Wildman–Crippen MR) is 143 cm³/mol. The van der Waals surface area contributed by atoms with E-state index in [0.29, 0.717) is 24.8 Å². The number of aliphatic hydroxyl groups is 1. The van der Waals surface area contributed by atoms with E-state index >= 15 is 4.39 Å². The fourth-order valence-corrected chi connectivity index (χ4v) is 6.25. The Hall–Kier alpha value is -2.71. The molecule has 0 aromatic carbocycles. The number of carbonyl (C=O) groups excluding carboxylic acids is 1. The number of rotatable bonds is 5. The quantitative estimate of drug-likeness (QED) is 0.671. The molecule has 2 atom stereocenters. The number of fused-ring (bicyclic) bond motifs is 1. The Morgan fingerprint density at radius 2 is 1.86 bits per heavy atom. The van der Waals surface area contributed by atoms with Crippen LogP contribution in [-0.2, 0) is 4.79 Å². The standard InChI is InChI=1S/C29H38FN5O2/c1-20(2)32-11-8-29(37,9-12-32)24-6-5-22(17-25(24)30)23-18-27-26(7-10-31-35(27)19-23)33-13-15-34(16-14-33)28(36)21-3-4-21/h5-7,10,17-21,24-25,37H,3-4,8-9,11-16H2,1-2H3. The average molecular weight is 508 g/mol. The van der Waals surface area contributed by atoms with Gasteiger partial charge in [0.25, 0.3) is 0 Å². The molecule has 3 fully saturated rings. The lowest BCUT2D eigenvalue weighted by atomic mass is 9.74. The predicted octanol–water partition coefficient (Wildman–Crippen LogP) is 3.54. The highest BCUT2D eigenvalue weighted by Crippen LogP contribution is 2.39. The van der Waals surface area contributed by atoms with E-state index < -0.39 is 17.7 Å². The number of carbonyl (C=O) groups is 1. The van der Waals surface area contributed by atoms with Crippen molar-refractivity contribution in [1.29, 1.82) is 0 Å². The summed E-state index contributed by atoms with van der Waals surface area (Å²) in [5.41, 5.74) is 2.80. The lowest BCUT2D eigenvalue weighted by Gasteiger charge is -2.44. The SMILES string of the molecule is CC(C)N1CCC(O)(C2C=CC(c3cc4c(N5CCN(C(=O)C6CC6)CC5)ccnn4c3)=CC2F)CC1. The Labute approximate surface area is 218 Å². The van der Waals surface area contributed by atoms with Crippen molar-refractivity contribution < 1.29 is 14.3 Å². The highest BCUT2D eigenvalue weighted by atomic mass is 19.1. The highest BCUT2D eigenvalue weighted by molar-refractivity contribution is 5.84. The van der Waals surface area contributed by atoms with Crippen LogP contribution in [0.4, 0.5) is 10.1 Å². The minimum absolute atomic E-state index is 0.261. The largest absolute Gasteiger partial charge is 0.389 e. The van der Waals surface area contributed by atoms with Gasteiger partial charge < -0.3 is 19.8 Å². The Morgan fingerprint density at radius 1 is 1.14 bits per heavy atom. The van der Waals surface area contributed by atoms with Crippen LogP contribution >= 0.6 is 0 Å². The maximum Gasteiger partial charge on any atom is 0.225 e. The van der Waals surface area contributed by atoms with E-state index in [-0.39, 0.29) is 5.92 Å². The van der Waals surface area contributed by atoms with Gasteiger partial charge in [-0.1, -0.05) is 12.2 Å². The fourth-order valence-electron chi connectivity index (χ4n) is 6.25. The Balaban J connectivity index is 1.17. The second-order valence-electron chi connectivity index (χ2n) is 11.5. The van der Waals surface area contributed by atoms with Crippen molar-refractivity contribution in [3.8, 4) is 0 Å². The number of aromatic nitrogens is 2. The number of hydrogen-bond donors (Lipinski definition) is 1. The molecular formula is C29H38FN5O2. The molecule has 2 unspecified atom stereocenters. The molecule has 2 aliphatic carbocycles. The van der Waals surface area contributed by atoms with Crippen LogP contribution in [0.5, 0.6) is 0 Å². The highest BCUT2D eigenvalue weighted by Gasteiger charge is 2.43. The molecule has 198 valence electrons. The first-order valence-corrected chi connectivity index (χ1v) is 13.8. The van der Waals surface area contributed by atoms with E-state index in [4.69, 9.17) is 0 Å². The lowest BCUT2D eigenvalue weighted by Crippen LogP contribution is -2.52. The molecule has 1 saturated carbocycles. The summed E-state index contributed by atoms with van der Waals surface area (Å²) in [6, 6.07) is 4.54. The van der Waals surface area contributed by atoms with Crippen molar-refractivity contribution >= 4 is 22.7 Å². The number of amides is 1. The molecule has 1 amide bonds. The maximum atomic E-state index is 15.5. The van der Waals surface area contributed by atoms with Gasteiger partial charge in [0.05, 0.1) is 16.8 Å². The number of likely N-dealkylation sites (tertiary alicyclic amines) is 1. The summed E-state index contributed by atoms with van der Waals surface area (Å²) in [5.74, 6) is 0.0531. The van der Waals surface area contributed by atoms with Crippen LogP contribution < -0.4 is 4.90 Å². The topological polar surface area (TPSA) is 64.3 Å². The summed E-state index contributed by atoms with van der Waals surface area (Å²) >= 11 is 0. The Morgan fingerprint density at radius 3 is 2.51 bits per heavy atom. The molecule has 6 rings (SSSR count). The molecule has 4 aliphatic rings. The van der Waals surface area contributed by atoms with Crippen LogP contribution in [-0.4, -0.2) is 87.5 Å². The Kier molecular flexibility index (Phi) is 6.35. The molecule has 0 bridgehead atoms. The van der Waals surface area contributed by atoms with Gasteiger partial charge in [0.2, 0.25) is 5.91 Å². The molecule has 37 heavy (non-hydrogen) atoms. The number of nitrogens with zero attached hydrogens (tertiary/aromatic N) is 5. The van der Waals surface area contributed by atoms with E-state index in [0.717, 1.165) is 74.5 Å². The number of hydrogen-bond acceptors (Lipinski definition) is 5. The van der Waals surface area contributed by atoms with Gasteiger partial charge in [0, 0.05) is 75.1 Å². The number of halogens is 1. The number of piperazine rings is 1. The molecule has 8 heteroatoms. The second kappa shape index (κ2) is 9.55. The van der Waals surface area contributed by atoms with Gasteiger partial charge in [-0.2, -0.15) is 5.10 Å². The Bertz CT molecular complexity index is 1220. The third-order valence-electron chi connectivity index (χ3n) is 8.86. The van der Waals surface area contributed by atoms with Gasteiger partial charge in [0.1, 0.15) is 6.17 Å². The zero-order chi connectivity index (χ0) is 25.7. The van der Waals surface area contributed by atoms with Crippen LogP contribution in [0.2, 0.25) is 0 Å². The first kappa shape index (κ1) is 24.6. The van der Waals surface area contributed by atoms with Gasteiger partial charge in [-0.15, -0.1) is 0 Å². The van der Waals surface area contributed by atoms with Crippen LogP contribution in [0.1, 0.15) is 45.1 Å². The van der Waals surface area contributed by atoms with Crippen LogP contribution in [0, 0.1) is 11.8 Å². The van der Waals surface area contributed by atoms with Crippen molar-refractivity contribution in [1.82, 2.24) is 19.4 Å². The van der Waals surface area contributed by atoms with Crippen molar-refractivity contribution in [2.75, 3.05) is 44.2 Å². The second-order valence-corrected chi connectivity index (χ2v) is 11.5. The van der Waals surface area contributed by atoms with E-state index in [1.807, 2.05) is 33.8 Å². The fraction of sp³-hybridized carbons (Fsp3) is 0.586. The number of alkyl halides is 1. The molecule has 2 saturated heterocycles. The van der Waals surface area contributed by atoms with Crippen LogP contribution in [0.15, 0.2) is 42.8 Å². The minimum Gasteiger partial charge on any atom is -0.389 e. The first-order chi connectivity index (χ1) is 17.8. The normalized spacial score (nSPS) is 26.7. The van der Waals surface area contributed by atoms with E-state index in [1.165, 1.54) is 0 Å². The molecule has 0 spiro atoms. The van der Waals surface area contributed by atoms with Crippen LogP contribution in [0.25, 0.3) is 11.1 Å². The molecule has 1 N–H and O–H groups in total. The van der Waals surface area contributed by atoms with Crippen LogP contribution in [0.3, 0.4) is 0 Å². The lowest BCUT2D eigenvalue weighted by molar-refractivity contribution is -0.132. The smallest absolute Gasteiger partial charge is 0.225 e. The van der Waals surface area contributed by atoms with Crippen molar-refractivity contribution in [3.05, 3.63) is 48.3 Å². The van der Waals surface area contributed by atoms with Gasteiger partial charge in [-0.25, -0.2) is 8.91 Å². The summed E-state index contributed by atoms with van der Waals surface area (Å²) in [4.78, 5) is 19.1. The maximum absolute atomic E-state index is 15.5. The third kappa shape index (κ3) is 4.70. The van der Waals surface area contributed by atoms with E-state index in [9.17, 15) is 9.90 Å². The summed E-state index contributed by atoms with van der Waals surface area (Å²) < 4.78 is 17.4. The molecule has 2 aliphatic heterocycles. The molecule has 4 heterocycles. The van der Waals surface area contributed by atoms with Gasteiger partial charge in [0.15, 0.2) is 0 Å². The monoisotopic (exact) mass is 507 g/mol.